The van der Waals surface area contributed by atoms with Crippen LogP contribution in [0.2, 0.25) is 0 Å². The molecule has 0 saturated carbocycles. The van der Waals surface area contributed by atoms with E-state index >= 15 is 0 Å². The third-order valence-electron chi connectivity index (χ3n) is 3.41. The smallest absolute Gasteiger partial charge is 0.323 e. The lowest BCUT2D eigenvalue weighted by Gasteiger charge is -2.32. The number of hydrogen-bond donors (Lipinski definition) is 1. The third kappa shape index (κ3) is 4.73. The van der Waals surface area contributed by atoms with E-state index in [0.717, 1.165) is 19.4 Å². The molecule has 17 heavy (non-hydrogen) atoms. The average molecular weight is 242 g/mol. The fourth-order valence-electron chi connectivity index (χ4n) is 2.28. The molecule has 0 radical (unpaired) electrons. The van der Waals surface area contributed by atoms with E-state index in [1.54, 1.807) is 7.05 Å². The van der Waals surface area contributed by atoms with Gasteiger partial charge in [-0.1, -0.05) is 6.42 Å². The van der Waals surface area contributed by atoms with Crippen LogP contribution < -0.4 is 0 Å². The number of rotatable bonds is 5. The summed E-state index contributed by atoms with van der Waals surface area (Å²) in [6.07, 6.45) is 4.89. The van der Waals surface area contributed by atoms with Crippen molar-refractivity contribution in [3.05, 3.63) is 0 Å². The van der Waals surface area contributed by atoms with Gasteiger partial charge in [-0.2, -0.15) is 0 Å². The van der Waals surface area contributed by atoms with E-state index in [0.29, 0.717) is 12.5 Å². The van der Waals surface area contributed by atoms with Crippen molar-refractivity contribution in [3.8, 4) is 0 Å². The first-order chi connectivity index (χ1) is 8.00. The molecule has 98 valence electrons. The first kappa shape index (κ1) is 14.0. The molecule has 1 fully saturated rings. The Morgan fingerprint density at radius 3 is 2.71 bits per heavy atom. The Morgan fingerprint density at radius 1 is 1.41 bits per heavy atom. The molecule has 1 amide bonds. The number of carboxylic acids is 1. The van der Waals surface area contributed by atoms with Gasteiger partial charge in [0.25, 0.3) is 0 Å². The Balaban J connectivity index is 2.29. The van der Waals surface area contributed by atoms with Gasteiger partial charge in [-0.05, 0) is 32.9 Å². The molecular formula is C12H22N2O3. The Bertz CT molecular complexity index is 281. The summed E-state index contributed by atoms with van der Waals surface area (Å²) in [5.74, 6) is -1.04. The van der Waals surface area contributed by atoms with Crippen LogP contribution in [0, 0.1) is 0 Å². The SMILES string of the molecule is CN(CC(=O)O)C(=O)CCC1CCCCN1C. The summed E-state index contributed by atoms with van der Waals surface area (Å²) in [6.45, 7) is 0.892. The molecular weight excluding hydrogens is 220 g/mol. The van der Waals surface area contributed by atoms with Crippen molar-refractivity contribution in [2.24, 2.45) is 0 Å². The number of carboxylic acid groups (broad SMARTS) is 1. The summed E-state index contributed by atoms with van der Waals surface area (Å²) in [7, 11) is 3.64. The number of carbonyl (C=O) groups is 2. The van der Waals surface area contributed by atoms with Crippen LogP contribution in [0.4, 0.5) is 0 Å². The van der Waals surface area contributed by atoms with Crippen LogP contribution in [0.5, 0.6) is 0 Å². The molecule has 0 bridgehead atoms. The predicted molar refractivity (Wildman–Crippen MR) is 64.8 cm³/mol. The average Bonchev–Trinajstić information content (AvgIpc) is 2.26. The van der Waals surface area contributed by atoms with Crippen LogP contribution in [0.15, 0.2) is 0 Å². The van der Waals surface area contributed by atoms with E-state index in [1.165, 1.54) is 17.7 Å². The summed E-state index contributed by atoms with van der Waals surface area (Å²) < 4.78 is 0. The van der Waals surface area contributed by atoms with Crippen LogP contribution in [0.1, 0.15) is 32.1 Å². The van der Waals surface area contributed by atoms with Gasteiger partial charge in [0.1, 0.15) is 6.54 Å². The van der Waals surface area contributed by atoms with Gasteiger partial charge in [0.15, 0.2) is 0 Å². The zero-order valence-electron chi connectivity index (χ0n) is 10.7. The molecule has 1 heterocycles. The second-order valence-corrected chi connectivity index (χ2v) is 4.81. The molecule has 0 aromatic heterocycles. The number of likely N-dealkylation sites (N-methyl/N-ethyl adjacent to an activating group) is 1. The second kappa shape index (κ2) is 6.59. The normalized spacial score (nSPS) is 21.2. The Kier molecular flexibility index (Phi) is 5.41. The van der Waals surface area contributed by atoms with Gasteiger partial charge in [0.2, 0.25) is 5.91 Å². The van der Waals surface area contributed by atoms with Crippen molar-refractivity contribution in [3.63, 3.8) is 0 Å². The van der Waals surface area contributed by atoms with Gasteiger partial charge < -0.3 is 14.9 Å². The van der Waals surface area contributed by atoms with Crippen molar-refractivity contribution in [2.45, 2.75) is 38.1 Å². The molecule has 1 aliphatic heterocycles. The standard InChI is InChI=1S/C12H22N2O3/c1-13-8-4-3-5-10(13)6-7-11(15)14(2)9-12(16)17/h10H,3-9H2,1-2H3,(H,16,17). The topological polar surface area (TPSA) is 60.9 Å². The highest BCUT2D eigenvalue weighted by Gasteiger charge is 2.20. The summed E-state index contributed by atoms with van der Waals surface area (Å²) in [5.41, 5.74) is 0. The van der Waals surface area contributed by atoms with Gasteiger partial charge in [-0.3, -0.25) is 9.59 Å². The molecule has 1 unspecified atom stereocenters. The van der Waals surface area contributed by atoms with Crippen LogP contribution >= 0.6 is 0 Å². The minimum absolute atomic E-state index is 0.0774. The van der Waals surface area contributed by atoms with E-state index in [2.05, 4.69) is 11.9 Å². The van der Waals surface area contributed by atoms with E-state index in [1.807, 2.05) is 0 Å². The maximum absolute atomic E-state index is 11.7. The molecule has 1 rings (SSSR count). The first-order valence-electron chi connectivity index (χ1n) is 6.16. The largest absolute Gasteiger partial charge is 0.480 e. The summed E-state index contributed by atoms with van der Waals surface area (Å²) in [6, 6.07) is 0.478. The quantitative estimate of drug-likeness (QED) is 0.774. The fraction of sp³-hybridized carbons (Fsp3) is 0.833. The molecule has 5 nitrogen and oxygen atoms in total. The summed E-state index contributed by atoms with van der Waals surface area (Å²) in [4.78, 5) is 25.7. The maximum Gasteiger partial charge on any atom is 0.323 e. The Hall–Kier alpha value is -1.10. The molecule has 0 aliphatic carbocycles. The van der Waals surface area contributed by atoms with Crippen molar-refractivity contribution >= 4 is 11.9 Å². The number of aliphatic carboxylic acids is 1. The highest BCUT2D eigenvalue weighted by molar-refractivity contribution is 5.81. The van der Waals surface area contributed by atoms with Crippen LogP contribution in [0.25, 0.3) is 0 Å². The molecule has 1 aliphatic rings. The maximum atomic E-state index is 11.7. The molecule has 0 aromatic rings. The molecule has 0 aromatic carbocycles. The Morgan fingerprint density at radius 2 is 2.12 bits per heavy atom. The highest BCUT2D eigenvalue weighted by Crippen LogP contribution is 2.19. The third-order valence-corrected chi connectivity index (χ3v) is 3.41. The lowest BCUT2D eigenvalue weighted by atomic mass is 9.98. The number of nitrogens with zero attached hydrogens (tertiary/aromatic N) is 2. The van der Waals surface area contributed by atoms with E-state index in [-0.39, 0.29) is 12.5 Å². The van der Waals surface area contributed by atoms with Crippen LogP contribution in [0.3, 0.4) is 0 Å². The van der Waals surface area contributed by atoms with Gasteiger partial charge in [0.05, 0.1) is 0 Å². The van der Waals surface area contributed by atoms with E-state index in [4.69, 9.17) is 5.11 Å². The number of carbonyl (C=O) groups excluding carboxylic acids is 1. The molecule has 1 saturated heterocycles. The summed E-state index contributed by atoms with van der Waals surface area (Å²) >= 11 is 0. The second-order valence-electron chi connectivity index (χ2n) is 4.81. The first-order valence-corrected chi connectivity index (χ1v) is 6.16. The lowest BCUT2D eigenvalue weighted by Crippen LogP contribution is -2.38. The lowest BCUT2D eigenvalue weighted by molar-refractivity contribution is -0.143. The van der Waals surface area contributed by atoms with Crippen molar-refractivity contribution in [1.29, 1.82) is 0 Å². The number of likely N-dealkylation sites (tertiary alicyclic amines) is 1. The van der Waals surface area contributed by atoms with Gasteiger partial charge in [0, 0.05) is 19.5 Å². The van der Waals surface area contributed by atoms with Crippen molar-refractivity contribution in [2.75, 3.05) is 27.2 Å². The van der Waals surface area contributed by atoms with Crippen molar-refractivity contribution in [1.82, 2.24) is 9.80 Å². The predicted octanol–water partition coefficient (Wildman–Crippen LogP) is 0.794. The highest BCUT2D eigenvalue weighted by atomic mass is 16.4. The minimum atomic E-state index is -0.962. The van der Waals surface area contributed by atoms with Gasteiger partial charge in [-0.15, -0.1) is 0 Å². The fourth-order valence-corrected chi connectivity index (χ4v) is 2.28. The number of amides is 1. The van der Waals surface area contributed by atoms with Crippen LogP contribution in [-0.4, -0.2) is 60.0 Å². The number of hydrogen-bond acceptors (Lipinski definition) is 3. The molecule has 0 spiro atoms. The Labute approximate surface area is 102 Å². The molecule has 1 atom stereocenters. The molecule has 1 N–H and O–H groups in total. The summed E-state index contributed by atoms with van der Waals surface area (Å²) in [5, 5.41) is 8.59. The van der Waals surface area contributed by atoms with Crippen molar-refractivity contribution < 1.29 is 14.7 Å². The zero-order chi connectivity index (χ0) is 12.8. The van der Waals surface area contributed by atoms with Crippen LogP contribution in [-0.2, 0) is 9.59 Å². The number of piperidine rings is 1. The van der Waals surface area contributed by atoms with Gasteiger partial charge in [-0.25, -0.2) is 0 Å². The molecule has 5 heteroatoms. The zero-order valence-corrected chi connectivity index (χ0v) is 10.7. The van der Waals surface area contributed by atoms with E-state index in [9.17, 15) is 9.59 Å². The van der Waals surface area contributed by atoms with E-state index < -0.39 is 5.97 Å². The van der Waals surface area contributed by atoms with Gasteiger partial charge >= 0.3 is 5.97 Å². The minimum Gasteiger partial charge on any atom is -0.480 e. The monoisotopic (exact) mass is 242 g/mol.